The van der Waals surface area contributed by atoms with Gasteiger partial charge in [0.05, 0.1) is 31.4 Å². The second kappa shape index (κ2) is 9.72. The van der Waals surface area contributed by atoms with Crippen LogP contribution in [-0.4, -0.2) is 47.0 Å². The Bertz CT molecular complexity index is 1290. The third-order valence-corrected chi connectivity index (χ3v) is 5.87. The van der Waals surface area contributed by atoms with Crippen LogP contribution in [0.1, 0.15) is 33.1 Å². The van der Waals surface area contributed by atoms with Crippen molar-refractivity contribution in [3.63, 3.8) is 0 Å². The second-order valence-electron chi connectivity index (χ2n) is 7.88. The zero-order valence-corrected chi connectivity index (χ0v) is 19.1. The lowest BCUT2D eigenvalue weighted by molar-refractivity contribution is -0.140. The Morgan fingerprint density at radius 1 is 0.857 bits per heavy atom. The van der Waals surface area contributed by atoms with Crippen molar-refractivity contribution in [1.29, 1.82) is 0 Å². The van der Waals surface area contributed by atoms with E-state index >= 15 is 0 Å². The lowest BCUT2D eigenvalue weighted by Gasteiger charge is -2.25. The molecule has 178 valence electrons. The van der Waals surface area contributed by atoms with Gasteiger partial charge in [0, 0.05) is 6.54 Å². The molecule has 0 aromatic heterocycles. The molecule has 1 fully saturated rings. The summed E-state index contributed by atoms with van der Waals surface area (Å²) < 4.78 is 10.8. The van der Waals surface area contributed by atoms with Gasteiger partial charge in [-0.3, -0.25) is 9.59 Å². The predicted octanol–water partition coefficient (Wildman–Crippen LogP) is 4.02. The minimum absolute atomic E-state index is 0.0316. The molecule has 1 atom stereocenters. The van der Waals surface area contributed by atoms with Crippen LogP contribution in [0.5, 0.6) is 11.5 Å². The number of amides is 1. The number of ketones is 1. The SMILES string of the molecule is COc1cccc(OC)c1/C(O)=C1\C(=O)C(=O)N(Cc2ccc(C(=O)O)cc2)C1c1ccccc1. The van der Waals surface area contributed by atoms with Crippen molar-refractivity contribution < 1.29 is 34.1 Å². The lowest BCUT2D eigenvalue weighted by Crippen LogP contribution is -2.29. The minimum atomic E-state index is -1.06. The molecule has 8 heteroatoms. The van der Waals surface area contributed by atoms with E-state index in [0.717, 1.165) is 0 Å². The van der Waals surface area contributed by atoms with Crippen molar-refractivity contribution in [2.45, 2.75) is 12.6 Å². The summed E-state index contributed by atoms with van der Waals surface area (Å²) in [7, 11) is 2.86. The molecule has 1 aliphatic rings. The highest BCUT2D eigenvalue weighted by molar-refractivity contribution is 6.46. The molecule has 0 saturated carbocycles. The molecule has 1 unspecified atom stereocenters. The van der Waals surface area contributed by atoms with Gasteiger partial charge < -0.3 is 24.6 Å². The number of nitrogens with zero attached hydrogens (tertiary/aromatic N) is 1. The number of methoxy groups -OCH3 is 2. The first-order valence-corrected chi connectivity index (χ1v) is 10.7. The molecule has 3 aromatic carbocycles. The van der Waals surface area contributed by atoms with Crippen LogP contribution in [-0.2, 0) is 16.1 Å². The first-order valence-electron chi connectivity index (χ1n) is 10.7. The number of aromatic carboxylic acids is 1. The zero-order valence-electron chi connectivity index (χ0n) is 19.1. The number of carbonyl (C=O) groups excluding carboxylic acids is 2. The summed E-state index contributed by atoms with van der Waals surface area (Å²) in [6.45, 7) is 0.0316. The van der Waals surface area contributed by atoms with Gasteiger partial charge in [-0.05, 0) is 35.4 Å². The van der Waals surface area contributed by atoms with Crippen molar-refractivity contribution in [2.24, 2.45) is 0 Å². The molecule has 0 aliphatic carbocycles. The number of ether oxygens (including phenoxy) is 2. The van der Waals surface area contributed by atoms with Gasteiger partial charge in [-0.25, -0.2) is 4.79 Å². The number of carboxylic acids is 1. The summed E-state index contributed by atoms with van der Waals surface area (Å²) in [6.07, 6.45) is 0. The van der Waals surface area contributed by atoms with Crippen LogP contribution in [0.4, 0.5) is 0 Å². The fraction of sp³-hybridized carbons (Fsp3) is 0.148. The Morgan fingerprint density at radius 3 is 2.00 bits per heavy atom. The monoisotopic (exact) mass is 473 g/mol. The number of rotatable bonds is 7. The molecule has 2 N–H and O–H groups in total. The third-order valence-electron chi connectivity index (χ3n) is 5.87. The highest BCUT2D eigenvalue weighted by Gasteiger charge is 2.46. The largest absolute Gasteiger partial charge is 0.506 e. The molecule has 1 amide bonds. The van der Waals surface area contributed by atoms with Gasteiger partial charge in [0.25, 0.3) is 11.7 Å². The molecular formula is C27H23NO7. The normalized spacial score (nSPS) is 16.9. The molecule has 0 bridgehead atoms. The fourth-order valence-corrected chi connectivity index (χ4v) is 4.19. The summed E-state index contributed by atoms with van der Waals surface area (Å²) in [5.41, 5.74) is 1.45. The van der Waals surface area contributed by atoms with Crippen LogP contribution in [0.25, 0.3) is 5.76 Å². The number of aliphatic hydroxyl groups is 1. The standard InChI is InChI=1S/C27H23NO7/c1-34-19-9-6-10-20(35-2)21(19)24(29)22-23(17-7-4-3-5-8-17)28(26(31)25(22)30)15-16-11-13-18(14-12-16)27(32)33/h3-14,23,29H,15H2,1-2H3,(H,32,33)/b24-22+. The first kappa shape index (κ1) is 23.6. The third kappa shape index (κ3) is 4.33. The Hall–Kier alpha value is -4.59. The molecule has 1 saturated heterocycles. The zero-order chi connectivity index (χ0) is 25.1. The number of carboxylic acid groups (broad SMARTS) is 1. The average molecular weight is 473 g/mol. The maximum Gasteiger partial charge on any atom is 0.335 e. The topological polar surface area (TPSA) is 113 Å². The van der Waals surface area contributed by atoms with Crippen LogP contribution in [0, 0.1) is 0 Å². The van der Waals surface area contributed by atoms with Gasteiger partial charge in [-0.15, -0.1) is 0 Å². The van der Waals surface area contributed by atoms with Crippen LogP contribution in [0.2, 0.25) is 0 Å². The summed E-state index contributed by atoms with van der Waals surface area (Å²) in [5.74, 6) is -2.53. The second-order valence-corrected chi connectivity index (χ2v) is 7.88. The van der Waals surface area contributed by atoms with E-state index in [9.17, 15) is 19.5 Å². The molecule has 4 rings (SSSR count). The number of benzene rings is 3. The maximum absolute atomic E-state index is 13.3. The summed E-state index contributed by atoms with van der Waals surface area (Å²) in [4.78, 5) is 39.0. The van der Waals surface area contributed by atoms with Crippen molar-refractivity contribution in [3.05, 3.63) is 101 Å². The smallest absolute Gasteiger partial charge is 0.335 e. The van der Waals surface area contributed by atoms with Crippen LogP contribution in [0.15, 0.2) is 78.4 Å². The average Bonchev–Trinajstić information content (AvgIpc) is 3.13. The molecular weight excluding hydrogens is 450 g/mol. The minimum Gasteiger partial charge on any atom is -0.506 e. The molecule has 3 aromatic rings. The van der Waals surface area contributed by atoms with E-state index in [1.54, 1.807) is 54.6 Å². The summed E-state index contributed by atoms with van der Waals surface area (Å²) in [6, 6.07) is 19.0. The van der Waals surface area contributed by atoms with E-state index in [1.807, 2.05) is 6.07 Å². The molecule has 0 spiro atoms. The number of Topliss-reactive ketones (excluding diaryl/α,β-unsaturated/α-hetero) is 1. The Kier molecular flexibility index (Phi) is 6.55. The van der Waals surface area contributed by atoms with Crippen LogP contribution < -0.4 is 9.47 Å². The number of hydrogen-bond acceptors (Lipinski definition) is 6. The summed E-state index contributed by atoms with van der Waals surface area (Å²) in [5, 5.41) is 20.6. The number of aliphatic hydroxyl groups excluding tert-OH is 1. The maximum atomic E-state index is 13.3. The summed E-state index contributed by atoms with van der Waals surface area (Å²) >= 11 is 0. The van der Waals surface area contributed by atoms with Crippen LogP contribution in [0.3, 0.4) is 0 Å². The molecule has 35 heavy (non-hydrogen) atoms. The quantitative estimate of drug-likeness (QED) is 0.303. The van der Waals surface area contributed by atoms with Gasteiger partial charge in [-0.2, -0.15) is 0 Å². The Morgan fingerprint density at radius 2 is 1.46 bits per heavy atom. The molecule has 8 nitrogen and oxygen atoms in total. The van der Waals surface area contributed by atoms with E-state index in [0.29, 0.717) is 11.1 Å². The molecule has 1 heterocycles. The number of carbonyl (C=O) groups is 3. The van der Waals surface area contributed by atoms with Crippen LogP contribution >= 0.6 is 0 Å². The van der Waals surface area contributed by atoms with E-state index in [4.69, 9.17) is 14.6 Å². The number of hydrogen-bond donors (Lipinski definition) is 2. The van der Waals surface area contributed by atoms with Crippen molar-refractivity contribution in [2.75, 3.05) is 14.2 Å². The van der Waals surface area contributed by atoms with Gasteiger partial charge in [0.1, 0.15) is 22.8 Å². The van der Waals surface area contributed by atoms with Gasteiger partial charge in [-0.1, -0.05) is 48.5 Å². The van der Waals surface area contributed by atoms with Gasteiger partial charge >= 0.3 is 5.97 Å². The molecule has 0 radical (unpaired) electrons. The predicted molar refractivity (Wildman–Crippen MR) is 127 cm³/mol. The van der Waals surface area contributed by atoms with Crippen molar-refractivity contribution >= 4 is 23.4 Å². The van der Waals surface area contributed by atoms with E-state index in [1.165, 1.54) is 31.3 Å². The number of likely N-dealkylation sites (tertiary alicyclic amines) is 1. The van der Waals surface area contributed by atoms with E-state index in [2.05, 4.69) is 0 Å². The Labute approximate surface area is 201 Å². The van der Waals surface area contributed by atoms with Crippen molar-refractivity contribution in [3.8, 4) is 11.5 Å². The Balaban J connectivity index is 1.87. The van der Waals surface area contributed by atoms with E-state index in [-0.39, 0.29) is 34.7 Å². The lowest BCUT2D eigenvalue weighted by atomic mass is 9.94. The van der Waals surface area contributed by atoms with Crippen molar-refractivity contribution in [1.82, 2.24) is 4.90 Å². The fourth-order valence-electron chi connectivity index (χ4n) is 4.19. The highest BCUT2D eigenvalue weighted by atomic mass is 16.5. The molecule has 1 aliphatic heterocycles. The van der Waals surface area contributed by atoms with E-state index < -0.39 is 29.5 Å². The first-order chi connectivity index (χ1) is 16.9. The highest BCUT2D eigenvalue weighted by Crippen LogP contribution is 2.43. The van der Waals surface area contributed by atoms with Gasteiger partial charge in [0.2, 0.25) is 0 Å². The van der Waals surface area contributed by atoms with Gasteiger partial charge in [0.15, 0.2) is 0 Å².